The zero-order valence-electron chi connectivity index (χ0n) is 21.6. The second-order valence-corrected chi connectivity index (χ2v) is 10.2. The van der Waals surface area contributed by atoms with E-state index < -0.39 is 6.04 Å². The third-order valence-corrected chi connectivity index (χ3v) is 7.31. The first-order chi connectivity index (χ1) is 16.7. The fourth-order valence-corrected chi connectivity index (χ4v) is 5.00. The Labute approximate surface area is 205 Å². The van der Waals surface area contributed by atoms with Gasteiger partial charge in [-0.3, -0.25) is 14.5 Å². The number of carbonyl (C=O) groups excluding carboxylic acids is 1. The minimum atomic E-state index is -0.437. The van der Waals surface area contributed by atoms with Crippen molar-refractivity contribution in [1.29, 1.82) is 0 Å². The molecule has 9 nitrogen and oxygen atoms in total. The summed E-state index contributed by atoms with van der Waals surface area (Å²) in [6, 6.07) is 5.70. The van der Waals surface area contributed by atoms with E-state index in [2.05, 4.69) is 65.2 Å². The number of hydrogen-bond acceptors (Lipinski definition) is 7. The van der Waals surface area contributed by atoms with Crippen LogP contribution in [-0.4, -0.2) is 55.8 Å². The van der Waals surface area contributed by atoms with Crippen molar-refractivity contribution >= 4 is 16.9 Å². The number of pyridine rings is 1. The van der Waals surface area contributed by atoms with Gasteiger partial charge in [0, 0.05) is 18.7 Å². The zero-order chi connectivity index (χ0) is 25.3. The van der Waals surface area contributed by atoms with Crippen molar-refractivity contribution in [3.05, 3.63) is 51.1 Å². The number of piperidine rings is 1. The van der Waals surface area contributed by atoms with Crippen molar-refractivity contribution in [3.8, 4) is 0 Å². The Kier molecular flexibility index (Phi) is 7.07. The van der Waals surface area contributed by atoms with Gasteiger partial charge in [0.2, 0.25) is 0 Å². The van der Waals surface area contributed by atoms with E-state index in [1.54, 1.807) is 0 Å². The fourth-order valence-electron chi connectivity index (χ4n) is 5.00. The van der Waals surface area contributed by atoms with Gasteiger partial charge in [0.05, 0.1) is 23.6 Å². The van der Waals surface area contributed by atoms with Gasteiger partial charge < -0.3 is 9.72 Å². The minimum absolute atomic E-state index is 0.130. The van der Waals surface area contributed by atoms with Gasteiger partial charge in [0.25, 0.3) is 5.56 Å². The van der Waals surface area contributed by atoms with Crippen molar-refractivity contribution in [2.45, 2.75) is 72.4 Å². The second-order valence-electron chi connectivity index (χ2n) is 10.2. The lowest BCUT2D eigenvalue weighted by Gasteiger charge is -2.37. The third kappa shape index (κ3) is 4.87. The average Bonchev–Trinajstić information content (AvgIpc) is 3.31. The zero-order valence-corrected chi connectivity index (χ0v) is 21.6. The molecule has 3 aromatic rings. The van der Waals surface area contributed by atoms with Gasteiger partial charge >= 0.3 is 5.97 Å². The largest absolute Gasteiger partial charge is 0.466 e. The molecule has 2 aromatic heterocycles. The van der Waals surface area contributed by atoms with E-state index in [4.69, 9.17) is 4.74 Å². The number of fused-ring (bicyclic) bond motifs is 1. The Bertz CT molecular complexity index is 1270. The Hall–Kier alpha value is -3.07. The molecule has 0 bridgehead atoms. The molecule has 1 aromatic carbocycles. The van der Waals surface area contributed by atoms with Gasteiger partial charge in [-0.05, 0) is 87.4 Å². The molecule has 9 heteroatoms. The molecule has 0 spiro atoms. The Morgan fingerprint density at radius 2 is 1.91 bits per heavy atom. The van der Waals surface area contributed by atoms with Crippen LogP contribution in [0.1, 0.15) is 75.5 Å². The molecule has 0 radical (unpaired) electrons. The Balaban J connectivity index is 1.82. The number of aromatic amines is 1. The number of ether oxygens (including phenoxy) is 1. The number of H-pyrrole nitrogens is 1. The lowest BCUT2D eigenvalue weighted by molar-refractivity contribution is -0.149. The highest BCUT2D eigenvalue weighted by molar-refractivity contribution is 5.83. The van der Waals surface area contributed by atoms with Crippen molar-refractivity contribution in [2.24, 2.45) is 5.92 Å². The van der Waals surface area contributed by atoms with Crippen LogP contribution in [0.15, 0.2) is 23.0 Å². The first kappa shape index (κ1) is 25.0. The van der Waals surface area contributed by atoms with E-state index in [1.807, 2.05) is 24.6 Å². The van der Waals surface area contributed by atoms with Gasteiger partial charge in [-0.25, -0.2) is 4.68 Å². The van der Waals surface area contributed by atoms with Crippen LogP contribution < -0.4 is 5.56 Å². The maximum absolute atomic E-state index is 13.5. The summed E-state index contributed by atoms with van der Waals surface area (Å²) in [5.74, 6) is 0.367. The number of carbonyl (C=O) groups is 1. The van der Waals surface area contributed by atoms with E-state index in [1.165, 1.54) is 0 Å². The lowest BCUT2D eigenvalue weighted by atomic mass is 9.93. The molecule has 35 heavy (non-hydrogen) atoms. The highest BCUT2D eigenvalue weighted by Gasteiger charge is 2.37. The van der Waals surface area contributed by atoms with Gasteiger partial charge in [0.15, 0.2) is 5.82 Å². The molecule has 1 aliphatic heterocycles. The number of nitrogens with one attached hydrogen (secondary N) is 1. The molecule has 0 amide bonds. The molecule has 1 unspecified atom stereocenters. The van der Waals surface area contributed by atoms with Crippen LogP contribution in [0.5, 0.6) is 0 Å². The van der Waals surface area contributed by atoms with Crippen molar-refractivity contribution < 1.29 is 9.53 Å². The maximum Gasteiger partial charge on any atom is 0.309 e. The predicted molar refractivity (Wildman–Crippen MR) is 134 cm³/mol. The summed E-state index contributed by atoms with van der Waals surface area (Å²) >= 11 is 0. The number of benzene rings is 1. The molecule has 1 fully saturated rings. The number of hydrogen-bond donors (Lipinski definition) is 1. The minimum Gasteiger partial charge on any atom is -0.466 e. The summed E-state index contributed by atoms with van der Waals surface area (Å²) in [7, 11) is 0. The average molecular weight is 481 g/mol. The van der Waals surface area contributed by atoms with Crippen LogP contribution in [0, 0.1) is 19.8 Å². The van der Waals surface area contributed by atoms with Crippen LogP contribution in [0.25, 0.3) is 10.9 Å². The van der Waals surface area contributed by atoms with Gasteiger partial charge in [0.1, 0.15) is 6.04 Å². The van der Waals surface area contributed by atoms with E-state index >= 15 is 0 Å². The number of aromatic nitrogens is 5. The molecule has 3 heterocycles. The van der Waals surface area contributed by atoms with Crippen LogP contribution >= 0.6 is 0 Å². The first-order valence-corrected chi connectivity index (χ1v) is 12.5. The lowest BCUT2D eigenvalue weighted by Crippen LogP contribution is -2.43. The number of esters is 1. The van der Waals surface area contributed by atoms with Crippen molar-refractivity contribution in [3.63, 3.8) is 0 Å². The molecular formula is C26H36N6O3. The monoisotopic (exact) mass is 480 g/mol. The predicted octanol–water partition coefficient (Wildman–Crippen LogP) is 3.64. The van der Waals surface area contributed by atoms with Crippen molar-refractivity contribution in [1.82, 2.24) is 30.1 Å². The molecule has 4 rings (SSSR count). The van der Waals surface area contributed by atoms with Gasteiger partial charge in [-0.1, -0.05) is 18.6 Å². The molecule has 1 atom stereocenters. The number of rotatable bonds is 7. The maximum atomic E-state index is 13.5. The number of likely N-dealkylation sites (tertiary alicyclic amines) is 1. The second kappa shape index (κ2) is 9.89. The van der Waals surface area contributed by atoms with Crippen molar-refractivity contribution in [2.75, 3.05) is 19.7 Å². The number of aryl methyl sites for hydroxylation is 2. The third-order valence-electron chi connectivity index (χ3n) is 7.31. The van der Waals surface area contributed by atoms with E-state index in [-0.39, 0.29) is 23.0 Å². The SMILES string of the molecule is CCOC(=O)C1CCN(C(c2cc3cc(C)cc(C)c3[nH]c2=O)c2nnnn2C(C)(C)CC)CC1. The molecular weight excluding hydrogens is 444 g/mol. The van der Waals surface area contributed by atoms with Gasteiger partial charge in [-0.15, -0.1) is 5.10 Å². The summed E-state index contributed by atoms with van der Waals surface area (Å²) in [6.07, 6.45) is 2.16. The van der Waals surface area contributed by atoms with Crippen LogP contribution in [0.4, 0.5) is 0 Å². The van der Waals surface area contributed by atoms with E-state index in [0.29, 0.717) is 43.9 Å². The number of tetrazole rings is 1. The molecule has 1 N–H and O–H groups in total. The summed E-state index contributed by atoms with van der Waals surface area (Å²) in [5, 5.41) is 13.8. The number of nitrogens with zero attached hydrogens (tertiary/aromatic N) is 5. The topological polar surface area (TPSA) is 106 Å². The summed E-state index contributed by atoms with van der Waals surface area (Å²) in [4.78, 5) is 31.2. The van der Waals surface area contributed by atoms with Crippen LogP contribution in [0.2, 0.25) is 0 Å². The molecule has 1 saturated heterocycles. The highest BCUT2D eigenvalue weighted by atomic mass is 16.5. The van der Waals surface area contributed by atoms with Crippen LogP contribution in [-0.2, 0) is 15.1 Å². The Morgan fingerprint density at radius 1 is 1.20 bits per heavy atom. The first-order valence-electron chi connectivity index (χ1n) is 12.5. The van der Waals surface area contributed by atoms with E-state index in [9.17, 15) is 9.59 Å². The molecule has 0 saturated carbocycles. The highest BCUT2D eigenvalue weighted by Crippen LogP contribution is 2.34. The molecule has 0 aliphatic carbocycles. The summed E-state index contributed by atoms with van der Waals surface area (Å²) < 4.78 is 7.10. The molecule has 188 valence electrons. The van der Waals surface area contributed by atoms with Gasteiger partial charge in [-0.2, -0.15) is 0 Å². The standard InChI is InChI=1S/C26H36N6O3/c1-7-26(5,6)32-23(28-29-30-32)22(31-11-9-18(10-12-31)25(34)35-8-2)20-15-19-14-16(3)13-17(4)21(19)27-24(20)33/h13-15,18,22H,7-12H2,1-6H3,(H,27,33). The summed E-state index contributed by atoms with van der Waals surface area (Å²) in [6.45, 7) is 13.8. The molecule has 1 aliphatic rings. The smallest absolute Gasteiger partial charge is 0.309 e. The van der Waals surface area contributed by atoms with Crippen LogP contribution in [0.3, 0.4) is 0 Å². The quantitative estimate of drug-likeness (QED) is 0.515. The Morgan fingerprint density at radius 3 is 2.57 bits per heavy atom. The fraction of sp³-hybridized carbons (Fsp3) is 0.577. The summed E-state index contributed by atoms with van der Waals surface area (Å²) in [5.41, 5.74) is 3.16. The normalized spacial score (nSPS) is 16.5. The van der Waals surface area contributed by atoms with E-state index in [0.717, 1.165) is 28.5 Å².